The molecule has 0 fully saturated rings. The summed E-state index contributed by atoms with van der Waals surface area (Å²) in [5.74, 6) is -25.2. The highest BCUT2D eigenvalue weighted by Gasteiger charge is 2.62. The van der Waals surface area contributed by atoms with Gasteiger partial charge in [-0.1, -0.05) is 19.6 Å². The smallest absolute Gasteiger partial charge is 0.200 e. The summed E-state index contributed by atoms with van der Waals surface area (Å²) in [6, 6.07) is -0.886. The molecular weight excluding hydrogens is 598 g/mol. The normalized spacial score (nSPS) is 13.8. The molecule has 0 unspecified atom stereocenters. The zero-order valence-electron chi connectivity index (χ0n) is 22.9. The van der Waals surface area contributed by atoms with Crippen LogP contribution >= 0.6 is 18.9 Å². The van der Waals surface area contributed by atoms with Crippen LogP contribution in [0.5, 0.6) is 0 Å². The fourth-order valence-corrected chi connectivity index (χ4v) is 18.1. The first-order chi connectivity index (χ1) is 17.3. The average Bonchev–Trinajstić information content (AvgIpc) is 2.76. The van der Waals surface area contributed by atoms with Crippen molar-refractivity contribution in [3.05, 3.63) is 58.2 Å². The van der Waals surface area contributed by atoms with Gasteiger partial charge >= 0.3 is 0 Å². The van der Waals surface area contributed by atoms with E-state index in [1.54, 1.807) is 41.5 Å². The van der Waals surface area contributed by atoms with Gasteiger partial charge < -0.3 is 11.5 Å². The van der Waals surface area contributed by atoms with Crippen LogP contribution in [0.2, 0.25) is 19.6 Å². The number of hydrogen-bond acceptors (Lipinski definition) is 1. The molecule has 2 rings (SSSR count). The standard InChI is InChI=1S/C24H30BClF10NPSi/c1-23(2,3)38(24(4,5)6,37-39(7,8)9)10-25(26,11-13(27)17(31)21(35)18(32)14(11)28)12-15(29)19(33)22(36)20(34)16(12)30/h37H,10H2,1-9H3. The minimum absolute atomic E-state index is 0.886. The maximum atomic E-state index is 15.3. The molecule has 0 atom stereocenters. The summed E-state index contributed by atoms with van der Waals surface area (Å²) >= 11 is 6.72. The van der Waals surface area contributed by atoms with Gasteiger partial charge in [-0.25, -0.2) is 48.7 Å². The largest absolute Gasteiger partial charge is 0.373 e. The van der Waals surface area contributed by atoms with Gasteiger partial charge in [-0.3, -0.25) is 0 Å². The Kier molecular flexibility index (Phi) is 9.14. The van der Waals surface area contributed by atoms with E-state index < -0.39 is 107 Å². The van der Waals surface area contributed by atoms with E-state index in [-0.39, 0.29) is 0 Å². The van der Waals surface area contributed by atoms with E-state index in [4.69, 9.17) is 11.5 Å². The molecule has 39 heavy (non-hydrogen) atoms. The number of benzene rings is 2. The molecule has 0 aliphatic carbocycles. The predicted octanol–water partition coefficient (Wildman–Crippen LogP) is 7.87. The van der Waals surface area contributed by atoms with Crippen LogP contribution < -0.4 is 15.7 Å². The molecule has 0 aliphatic rings. The molecule has 0 amide bonds. The lowest BCUT2D eigenvalue weighted by molar-refractivity contribution is 0.382. The summed E-state index contributed by atoms with van der Waals surface area (Å²) in [4.78, 5) is 0. The highest BCUT2D eigenvalue weighted by Crippen LogP contribution is 2.75. The van der Waals surface area contributed by atoms with Crippen LogP contribution in [0.25, 0.3) is 0 Å². The minimum atomic E-state index is -4.43. The van der Waals surface area contributed by atoms with Crippen molar-refractivity contribution in [3.63, 3.8) is 0 Å². The van der Waals surface area contributed by atoms with Crippen LogP contribution in [-0.4, -0.2) is 30.2 Å². The molecule has 1 N–H and O–H groups in total. The zero-order chi connectivity index (χ0) is 30.8. The summed E-state index contributed by atoms with van der Waals surface area (Å²) in [5, 5.41) is -1.86. The van der Waals surface area contributed by atoms with Crippen molar-refractivity contribution in [3.8, 4) is 0 Å². The number of rotatable bonds is 6. The van der Waals surface area contributed by atoms with Gasteiger partial charge in [0.05, 0.1) is 10.3 Å². The van der Waals surface area contributed by atoms with E-state index in [2.05, 4.69) is 4.75 Å². The molecule has 0 saturated heterocycles. The first kappa shape index (κ1) is 33.9. The first-order valence-corrected chi connectivity index (χ1v) is 17.7. The molecule has 2 aromatic carbocycles. The Hall–Kier alpha value is -1.30. The summed E-state index contributed by atoms with van der Waals surface area (Å²) in [5.41, 5.74) is -8.14. The van der Waals surface area contributed by atoms with Crippen molar-refractivity contribution in [1.29, 1.82) is 0 Å². The molecule has 0 radical (unpaired) electrons. The average molecular weight is 628 g/mol. The quantitative estimate of drug-likeness (QED) is 0.113. The van der Waals surface area contributed by atoms with E-state index in [1.165, 1.54) is 0 Å². The molecule has 0 bridgehead atoms. The number of hydrogen-bond donors (Lipinski definition) is 1. The Morgan fingerprint density at radius 1 is 0.564 bits per heavy atom. The van der Waals surface area contributed by atoms with Gasteiger partial charge in [0.2, 0.25) is 0 Å². The van der Waals surface area contributed by atoms with Gasteiger partial charge in [-0.15, -0.1) is 10.9 Å². The second-order valence-corrected chi connectivity index (χ2v) is 23.4. The molecule has 15 heteroatoms. The van der Waals surface area contributed by atoms with Crippen molar-refractivity contribution in [2.75, 3.05) is 6.06 Å². The first-order valence-electron chi connectivity index (χ1n) is 11.8. The highest BCUT2D eigenvalue weighted by atomic mass is 35.5. The van der Waals surface area contributed by atoms with Crippen LogP contribution in [-0.2, 0) is 0 Å². The maximum Gasteiger partial charge on any atom is 0.200 e. The predicted molar refractivity (Wildman–Crippen MR) is 141 cm³/mol. The lowest BCUT2D eigenvalue weighted by Gasteiger charge is -2.55. The van der Waals surface area contributed by atoms with Crippen LogP contribution in [0, 0.1) is 58.2 Å². The molecule has 0 saturated carbocycles. The van der Waals surface area contributed by atoms with Gasteiger partial charge in [0.15, 0.2) is 48.7 Å². The zero-order valence-corrected chi connectivity index (χ0v) is 25.5. The van der Waals surface area contributed by atoms with Gasteiger partial charge in [0, 0.05) is 7.41 Å². The Labute approximate surface area is 228 Å². The second-order valence-electron chi connectivity index (χ2n) is 12.6. The van der Waals surface area contributed by atoms with Crippen LogP contribution in [0.1, 0.15) is 41.5 Å². The fraction of sp³-hybridized carbons (Fsp3) is 0.500. The molecule has 0 aliphatic heterocycles. The van der Waals surface area contributed by atoms with Gasteiger partial charge in [0.25, 0.3) is 0 Å². The summed E-state index contributed by atoms with van der Waals surface area (Å²) < 4.78 is 151. The van der Waals surface area contributed by atoms with Gasteiger partial charge in [0.1, 0.15) is 23.3 Å². The third-order valence-corrected chi connectivity index (χ3v) is 17.4. The van der Waals surface area contributed by atoms with Crippen LogP contribution in [0.4, 0.5) is 43.9 Å². The SMILES string of the molecule is CC(C)(C)[P+](C[B-](Cl)(c1c(F)c(F)c(F)c(F)c1F)c1c(F)c(F)c(F)c(F)c1F)(N[Si](C)(C)C)C(C)(C)C. The van der Waals surface area contributed by atoms with Crippen molar-refractivity contribution >= 4 is 43.6 Å². The lowest BCUT2D eigenvalue weighted by Crippen LogP contribution is -2.67. The Morgan fingerprint density at radius 3 is 1.00 bits per heavy atom. The van der Waals surface area contributed by atoms with E-state index >= 15 is 17.6 Å². The molecule has 220 valence electrons. The highest BCUT2D eigenvalue weighted by molar-refractivity contribution is 7.82. The Bertz CT molecular complexity index is 1160. The molecule has 0 spiro atoms. The lowest BCUT2D eigenvalue weighted by atomic mass is 9.39. The summed E-state index contributed by atoms with van der Waals surface area (Å²) in [7, 11) is -5.71. The monoisotopic (exact) mass is 627 g/mol. The fourth-order valence-electron chi connectivity index (χ4n) is 5.26. The van der Waals surface area contributed by atoms with Crippen molar-refractivity contribution in [2.45, 2.75) is 71.5 Å². The topological polar surface area (TPSA) is 12.0 Å². The maximum absolute atomic E-state index is 15.3. The molecular formula is C24H30BClF10NPSi. The molecule has 1 nitrogen and oxygen atoms in total. The minimum Gasteiger partial charge on any atom is -0.373 e. The van der Waals surface area contributed by atoms with Crippen molar-refractivity contribution in [2.24, 2.45) is 0 Å². The number of halogens is 11. The molecule has 2 aromatic rings. The molecule has 0 aromatic heterocycles. The van der Waals surface area contributed by atoms with E-state index in [1.807, 2.05) is 19.6 Å². The van der Waals surface area contributed by atoms with E-state index in [0.717, 1.165) is 0 Å². The number of nitrogens with one attached hydrogen (secondary N) is 1. The third-order valence-electron chi connectivity index (χ3n) is 6.74. The summed E-state index contributed by atoms with van der Waals surface area (Å²) in [6.45, 7) is 15.6. The van der Waals surface area contributed by atoms with Crippen molar-refractivity contribution < 1.29 is 43.9 Å². The van der Waals surface area contributed by atoms with Crippen LogP contribution in [0.15, 0.2) is 0 Å². The molecule has 0 heterocycles. The van der Waals surface area contributed by atoms with Gasteiger partial charge in [-0.2, -0.15) is 0 Å². The Balaban J connectivity index is 3.31. The Morgan fingerprint density at radius 2 is 0.795 bits per heavy atom. The third kappa shape index (κ3) is 5.62. The second kappa shape index (κ2) is 10.5. The summed E-state index contributed by atoms with van der Waals surface area (Å²) in [6.07, 6.45) is 0. The van der Waals surface area contributed by atoms with E-state index in [9.17, 15) is 26.3 Å². The van der Waals surface area contributed by atoms with Gasteiger partial charge in [-0.05, 0) is 47.6 Å². The van der Waals surface area contributed by atoms with Crippen molar-refractivity contribution in [1.82, 2.24) is 4.75 Å². The van der Waals surface area contributed by atoms with E-state index in [0.29, 0.717) is 0 Å². The van der Waals surface area contributed by atoms with Crippen LogP contribution in [0.3, 0.4) is 0 Å².